The van der Waals surface area contributed by atoms with E-state index in [2.05, 4.69) is 10.6 Å². The molecule has 188 valence electrons. The first-order valence-electron chi connectivity index (χ1n) is 11.4. The number of sulfonamides is 1. The Morgan fingerprint density at radius 3 is 2.36 bits per heavy atom. The van der Waals surface area contributed by atoms with Gasteiger partial charge in [0.05, 0.1) is 9.88 Å². The maximum absolute atomic E-state index is 12.9. The molecule has 0 heterocycles. The summed E-state index contributed by atoms with van der Waals surface area (Å²) < 4.78 is 23.8. The summed E-state index contributed by atoms with van der Waals surface area (Å²) in [4.78, 5) is 15.2. The van der Waals surface area contributed by atoms with E-state index in [1.807, 2.05) is 38.1 Å². The number of nitrogens with zero attached hydrogens (tertiary/aromatic N) is 1. The van der Waals surface area contributed by atoms with E-state index >= 15 is 0 Å². The molecule has 0 spiro atoms. The van der Waals surface area contributed by atoms with Crippen molar-refractivity contribution < 1.29 is 13.2 Å². The lowest BCUT2D eigenvalue weighted by molar-refractivity contribution is 0.212. The van der Waals surface area contributed by atoms with Gasteiger partial charge in [0.15, 0.2) is 0 Å². The number of amidine groups is 1. The molecule has 0 bridgehead atoms. The molecular weight excluding hydrogens is 494 g/mol. The Labute approximate surface area is 217 Å². The zero-order valence-electron chi connectivity index (χ0n) is 20.1. The first-order chi connectivity index (χ1) is 17.1. The molecule has 0 fully saturated rings. The zero-order valence-corrected chi connectivity index (χ0v) is 21.7. The molecule has 3 rings (SSSR count). The molecule has 10 heteroatoms. The predicted octanol–water partition coefficient (Wildman–Crippen LogP) is 4.71. The molecule has 0 atom stereocenters. The highest BCUT2D eigenvalue weighted by molar-refractivity contribution is 7.89. The summed E-state index contributed by atoms with van der Waals surface area (Å²) in [7, 11) is -3.87. The molecule has 0 radical (unpaired) electrons. The zero-order chi connectivity index (χ0) is 26.3. The highest BCUT2D eigenvalue weighted by Gasteiger charge is 2.16. The number of anilines is 1. The Morgan fingerprint density at radius 2 is 1.72 bits per heavy atom. The normalized spacial score (nSPS) is 11.0. The molecule has 0 aromatic heterocycles. The summed E-state index contributed by atoms with van der Waals surface area (Å²) in [5.41, 5.74) is 3.31. The highest BCUT2D eigenvalue weighted by Crippen LogP contribution is 2.27. The predicted molar refractivity (Wildman–Crippen MR) is 148 cm³/mol. The maximum atomic E-state index is 12.9. The molecule has 0 saturated carbocycles. The van der Waals surface area contributed by atoms with Crippen LogP contribution in [0.3, 0.4) is 0 Å². The van der Waals surface area contributed by atoms with Crippen LogP contribution >= 0.6 is 12.2 Å². The lowest BCUT2D eigenvalue weighted by atomic mass is 10.1. The van der Waals surface area contributed by atoms with Gasteiger partial charge in [0.2, 0.25) is 10.0 Å². The van der Waals surface area contributed by atoms with Crippen LogP contribution in [0.2, 0.25) is 0 Å². The minimum absolute atomic E-state index is 0.0426. The standard InChI is InChI=1S/C26H29N5O3S2/c1-3-24(35)30-25(27)20-9-7-8-18(16-20)17-31(4-2)26(32)29-21-14-12-19(13-15-21)22-10-5-6-11-23(22)36(28,33)34/h5-16H,3-4,17H2,1-2H3,(H,29,32)(H2,27,30,35)(H2,28,33,34). The first kappa shape index (κ1) is 27.0. The van der Waals surface area contributed by atoms with E-state index in [9.17, 15) is 13.2 Å². The number of primary sulfonamides is 1. The smallest absolute Gasteiger partial charge is 0.322 e. The van der Waals surface area contributed by atoms with Gasteiger partial charge in [-0.3, -0.25) is 5.41 Å². The Hall–Kier alpha value is -3.60. The van der Waals surface area contributed by atoms with Gasteiger partial charge >= 0.3 is 6.03 Å². The third kappa shape index (κ3) is 6.97. The first-order valence-corrected chi connectivity index (χ1v) is 13.3. The van der Waals surface area contributed by atoms with Crippen LogP contribution in [0.5, 0.6) is 0 Å². The summed E-state index contributed by atoms with van der Waals surface area (Å²) in [6, 6.07) is 20.6. The van der Waals surface area contributed by atoms with E-state index in [1.54, 1.807) is 47.4 Å². The Bertz CT molecular complexity index is 1370. The van der Waals surface area contributed by atoms with Gasteiger partial charge in [0, 0.05) is 29.9 Å². The van der Waals surface area contributed by atoms with Crippen molar-refractivity contribution in [3.63, 3.8) is 0 Å². The molecule has 0 unspecified atom stereocenters. The van der Waals surface area contributed by atoms with E-state index in [4.69, 9.17) is 22.8 Å². The van der Waals surface area contributed by atoms with Gasteiger partial charge in [-0.2, -0.15) is 0 Å². The molecule has 0 aliphatic rings. The van der Waals surface area contributed by atoms with Gasteiger partial charge in [0.1, 0.15) is 5.84 Å². The van der Waals surface area contributed by atoms with E-state index in [0.717, 1.165) is 5.56 Å². The van der Waals surface area contributed by atoms with Gasteiger partial charge in [-0.25, -0.2) is 18.4 Å². The molecule has 0 aliphatic carbocycles. The van der Waals surface area contributed by atoms with Crippen LogP contribution < -0.4 is 15.8 Å². The molecule has 5 N–H and O–H groups in total. The maximum Gasteiger partial charge on any atom is 0.322 e. The van der Waals surface area contributed by atoms with Crippen molar-refractivity contribution in [3.8, 4) is 11.1 Å². The van der Waals surface area contributed by atoms with Crippen molar-refractivity contribution in [2.45, 2.75) is 31.7 Å². The van der Waals surface area contributed by atoms with Crippen LogP contribution in [0.25, 0.3) is 11.1 Å². The number of hydrogen-bond acceptors (Lipinski definition) is 5. The van der Waals surface area contributed by atoms with Crippen molar-refractivity contribution in [1.29, 1.82) is 5.41 Å². The van der Waals surface area contributed by atoms with Crippen LogP contribution in [0.1, 0.15) is 31.4 Å². The van der Waals surface area contributed by atoms with Crippen LogP contribution in [0.4, 0.5) is 10.5 Å². The quantitative estimate of drug-likeness (QED) is 0.193. The summed E-state index contributed by atoms with van der Waals surface area (Å²) >= 11 is 5.16. The molecule has 3 aromatic carbocycles. The number of benzene rings is 3. The second-order valence-electron chi connectivity index (χ2n) is 8.04. The minimum Gasteiger partial charge on any atom is -0.335 e. The fraction of sp³-hybridized carbons (Fsp3) is 0.192. The van der Waals surface area contributed by atoms with E-state index < -0.39 is 10.0 Å². The average Bonchev–Trinajstić information content (AvgIpc) is 2.87. The molecule has 0 aliphatic heterocycles. The largest absolute Gasteiger partial charge is 0.335 e. The SMILES string of the molecule is CCC(=S)NC(=N)c1cccc(CN(CC)C(=O)Nc2ccc(-c3ccccc3S(N)(=O)=O)cc2)c1. The monoisotopic (exact) mass is 523 g/mol. The van der Waals surface area contributed by atoms with Crippen molar-refractivity contribution in [3.05, 3.63) is 83.9 Å². The number of carbonyl (C=O) groups is 1. The van der Waals surface area contributed by atoms with Crippen molar-refractivity contribution in [1.82, 2.24) is 10.2 Å². The van der Waals surface area contributed by atoms with Crippen LogP contribution in [-0.4, -0.2) is 36.7 Å². The van der Waals surface area contributed by atoms with Gasteiger partial charge in [-0.1, -0.05) is 67.7 Å². The fourth-order valence-corrected chi connectivity index (χ4v) is 4.42. The van der Waals surface area contributed by atoms with Crippen molar-refractivity contribution in [2.24, 2.45) is 5.14 Å². The summed E-state index contributed by atoms with van der Waals surface area (Å²) in [5.74, 6) is 0.222. The highest BCUT2D eigenvalue weighted by atomic mass is 32.2. The van der Waals surface area contributed by atoms with Gasteiger partial charge in [0.25, 0.3) is 0 Å². The Balaban J connectivity index is 1.70. The van der Waals surface area contributed by atoms with E-state index in [0.29, 0.717) is 46.9 Å². The van der Waals surface area contributed by atoms with Crippen LogP contribution in [-0.2, 0) is 16.6 Å². The molecule has 36 heavy (non-hydrogen) atoms. The third-order valence-corrected chi connectivity index (χ3v) is 6.84. The van der Waals surface area contributed by atoms with Crippen molar-refractivity contribution >= 4 is 44.8 Å². The Morgan fingerprint density at radius 1 is 1.03 bits per heavy atom. The molecule has 3 aromatic rings. The number of urea groups is 1. The number of nitrogens with one attached hydrogen (secondary N) is 3. The lowest BCUT2D eigenvalue weighted by Crippen LogP contribution is -2.34. The Kier molecular flexibility index (Phi) is 8.92. The number of thiocarbonyl (C=S) groups is 1. The van der Waals surface area contributed by atoms with Gasteiger partial charge in [-0.15, -0.1) is 0 Å². The van der Waals surface area contributed by atoms with Crippen molar-refractivity contribution in [2.75, 3.05) is 11.9 Å². The van der Waals surface area contributed by atoms with E-state index in [-0.39, 0.29) is 16.8 Å². The lowest BCUT2D eigenvalue weighted by Gasteiger charge is -2.22. The topological polar surface area (TPSA) is 128 Å². The van der Waals surface area contributed by atoms with Crippen LogP contribution in [0, 0.1) is 5.41 Å². The second kappa shape index (κ2) is 11.9. The molecule has 2 amide bonds. The summed E-state index contributed by atoms with van der Waals surface area (Å²) in [6.45, 7) is 4.65. The average molecular weight is 524 g/mol. The van der Waals surface area contributed by atoms with Crippen LogP contribution in [0.15, 0.2) is 77.7 Å². The third-order valence-electron chi connectivity index (χ3n) is 5.48. The summed E-state index contributed by atoms with van der Waals surface area (Å²) in [5, 5.41) is 19.3. The molecule has 8 nitrogen and oxygen atoms in total. The molecule has 0 saturated heterocycles. The number of hydrogen-bond donors (Lipinski definition) is 4. The number of amides is 2. The fourth-order valence-electron chi connectivity index (χ4n) is 3.56. The molecular formula is C26H29N5O3S2. The minimum atomic E-state index is -3.87. The second-order valence-corrected chi connectivity index (χ2v) is 10.1. The van der Waals surface area contributed by atoms with E-state index in [1.165, 1.54) is 6.07 Å². The summed E-state index contributed by atoms with van der Waals surface area (Å²) in [6.07, 6.45) is 0.654. The van der Waals surface area contributed by atoms with Gasteiger partial charge < -0.3 is 15.5 Å². The number of nitrogens with two attached hydrogens (primary N) is 1. The number of carbonyl (C=O) groups excluding carboxylic acids is 1. The van der Waals surface area contributed by atoms with Gasteiger partial charge in [-0.05, 0) is 48.7 Å². The number of rotatable bonds is 8.